The summed E-state index contributed by atoms with van der Waals surface area (Å²) in [5.41, 5.74) is 0.437. The molecule has 0 fully saturated rings. The average molecular weight is 461 g/mol. The van der Waals surface area contributed by atoms with Crippen molar-refractivity contribution in [3.8, 4) is 5.75 Å². The second-order valence-electron chi connectivity index (χ2n) is 6.22. The summed E-state index contributed by atoms with van der Waals surface area (Å²) in [7, 11) is -4.01. The van der Waals surface area contributed by atoms with Crippen molar-refractivity contribution in [3.63, 3.8) is 0 Å². The molecule has 2 aromatic heterocycles. The molecule has 160 valence electrons. The minimum atomic E-state index is -4.48. The molecule has 0 amide bonds. The number of pyridine rings is 1. The molecule has 0 bridgehead atoms. The number of halogens is 4. The number of ether oxygens (including phenoxy) is 1. The minimum Gasteiger partial charge on any atom is -0.484 e. The molecule has 0 aliphatic rings. The van der Waals surface area contributed by atoms with Crippen molar-refractivity contribution in [2.75, 3.05) is 6.61 Å². The van der Waals surface area contributed by atoms with E-state index in [9.17, 15) is 21.6 Å². The van der Waals surface area contributed by atoms with Crippen LogP contribution in [0, 0.1) is 0 Å². The Kier molecular flexibility index (Phi) is 6.69. The summed E-state index contributed by atoms with van der Waals surface area (Å²) >= 11 is 5.74. The first kappa shape index (κ1) is 22.1. The zero-order chi connectivity index (χ0) is 21.8. The maximum Gasteiger partial charge on any atom is 0.422 e. The third-order valence-electron chi connectivity index (χ3n) is 3.91. The highest BCUT2D eigenvalue weighted by molar-refractivity contribution is 7.89. The highest BCUT2D eigenvalue weighted by Gasteiger charge is 2.29. The molecule has 0 aliphatic heterocycles. The van der Waals surface area contributed by atoms with E-state index in [0.29, 0.717) is 11.3 Å². The molecule has 6 nitrogen and oxygen atoms in total. The largest absolute Gasteiger partial charge is 0.484 e. The number of benzene rings is 1. The van der Waals surface area contributed by atoms with Crippen LogP contribution in [0.1, 0.15) is 11.3 Å². The molecule has 0 aliphatic carbocycles. The van der Waals surface area contributed by atoms with Crippen LogP contribution in [0.15, 0.2) is 70.3 Å². The van der Waals surface area contributed by atoms with Gasteiger partial charge < -0.3 is 9.15 Å². The first-order valence-electron chi connectivity index (χ1n) is 8.56. The third kappa shape index (κ3) is 5.97. The Hall–Kier alpha value is -2.56. The lowest BCUT2D eigenvalue weighted by Gasteiger charge is -2.21. The summed E-state index contributed by atoms with van der Waals surface area (Å²) in [5.74, 6) is 0.373. The molecule has 3 aromatic rings. The number of nitrogens with zero attached hydrogens (tertiary/aromatic N) is 2. The molecule has 0 atom stereocenters. The van der Waals surface area contributed by atoms with Crippen LogP contribution in [0.25, 0.3) is 0 Å². The van der Waals surface area contributed by atoms with Gasteiger partial charge in [0.05, 0.1) is 12.8 Å². The second kappa shape index (κ2) is 9.07. The lowest BCUT2D eigenvalue weighted by Crippen LogP contribution is -2.30. The van der Waals surface area contributed by atoms with Crippen molar-refractivity contribution < 1.29 is 30.7 Å². The molecular weight excluding hydrogens is 445 g/mol. The molecule has 0 saturated heterocycles. The van der Waals surface area contributed by atoms with Gasteiger partial charge in [-0.1, -0.05) is 23.7 Å². The summed E-state index contributed by atoms with van der Waals surface area (Å²) in [6, 6.07) is 11.7. The number of hydrogen-bond acceptors (Lipinski definition) is 5. The lowest BCUT2D eigenvalue weighted by molar-refractivity contribution is -0.153. The molecule has 0 saturated carbocycles. The Bertz CT molecular complexity index is 1070. The molecular formula is C19H16ClF3N2O4S. The summed E-state index contributed by atoms with van der Waals surface area (Å²) < 4.78 is 74.6. The van der Waals surface area contributed by atoms with E-state index in [4.69, 9.17) is 20.8 Å². The van der Waals surface area contributed by atoms with E-state index >= 15 is 0 Å². The summed E-state index contributed by atoms with van der Waals surface area (Å²) in [5, 5.41) is 0.140. The standard InChI is InChI=1S/C19H16ClF3N2O4S/c20-18-7-6-17(10-24-18)30(26,27)25(12-16-5-2-8-28-16)11-14-3-1-4-15(9-14)29-13-19(21,22)23/h1-10H,11-13H2. The van der Waals surface area contributed by atoms with E-state index in [1.54, 1.807) is 18.2 Å². The van der Waals surface area contributed by atoms with Gasteiger partial charge in [-0.05, 0) is 42.0 Å². The Balaban J connectivity index is 1.87. The van der Waals surface area contributed by atoms with Gasteiger partial charge in [0.1, 0.15) is 21.6 Å². The Morgan fingerprint density at radius 3 is 2.53 bits per heavy atom. The maximum absolute atomic E-state index is 13.1. The van der Waals surface area contributed by atoms with Gasteiger partial charge in [0.15, 0.2) is 6.61 Å². The van der Waals surface area contributed by atoms with Crippen LogP contribution in [-0.4, -0.2) is 30.5 Å². The molecule has 3 rings (SSSR count). The third-order valence-corrected chi connectivity index (χ3v) is 5.91. The molecule has 30 heavy (non-hydrogen) atoms. The van der Waals surface area contributed by atoms with Gasteiger partial charge in [0.2, 0.25) is 10.0 Å². The van der Waals surface area contributed by atoms with Gasteiger partial charge in [0, 0.05) is 12.7 Å². The van der Waals surface area contributed by atoms with Crippen molar-refractivity contribution in [1.82, 2.24) is 9.29 Å². The van der Waals surface area contributed by atoms with Crippen LogP contribution >= 0.6 is 11.6 Å². The SMILES string of the molecule is O=S(=O)(c1ccc(Cl)nc1)N(Cc1cccc(OCC(F)(F)F)c1)Cc1ccco1. The summed E-state index contributed by atoms with van der Waals surface area (Å²) in [4.78, 5) is 3.72. The molecule has 0 spiro atoms. The highest BCUT2D eigenvalue weighted by atomic mass is 35.5. The van der Waals surface area contributed by atoms with Crippen molar-refractivity contribution in [1.29, 1.82) is 0 Å². The van der Waals surface area contributed by atoms with E-state index in [2.05, 4.69) is 4.98 Å². The predicted molar refractivity (Wildman–Crippen MR) is 102 cm³/mol. The van der Waals surface area contributed by atoms with Gasteiger partial charge in [-0.3, -0.25) is 0 Å². The smallest absolute Gasteiger partial charge is 0.422 e. The molecule has 2 heterocycles. The Morgan fingerprint density at radius 1 is 1.10 bits per heavy atom. The van der Waals surface area contributed by atoms with Crippen LogP contribution in [0.4, 0.5) is 13.2 Å². The quantitative estimate of drug-likeness (QED) is 0.457. The molecule has 11 heteroatoms. The van der Waals surface area contributed by atoms with Crippen LogP contribution < -0.4 is 4.74 Å². The lowest BCUT2D eigenvalue weighted by atomic mass is 10.2. The molecule has 0 unspecified atom stereocenters. The summed E-state index contributed by atoms with van der Waals surface area (Å²) in [6.45, 7) is -1.66. The number of aromatic nitrogens is 1. The minimum absolute atomic E-state index is 0.0201. The zero-order valence-electron chi connectivity index (χ0n) is 15.3. The van der Waals surface area contributed by atoms with E-state index < -0.39 is 22.8 Å². The number of furan rings is 1. The first-order chi connectivity index (χ1) is 14.1. The number of alkyl halides is 3. The fraction of sp³-hybridized carbons (Fsp3) is 0.211. The van der Waals surface area contributed by atoms with Gasteiger partial charge in [-0.2, -0.15) is 17.5 Å². The second-order valence-corrected chi connectivity index (χ2v) is 8.55. The fourth-order valence-corrected chi connectivity index (χ4v) is 4.02. The average Bonchev–Trinajstić information content (AvgIpc) is 3.19. The van der Waals surface area contributed by atoms with Gasteiger partial charge >= 0.3 is 6.18 Å². The fourth-order valence-electron chi connectivity index (χ4n) is 2.57. The van der Waals surface area contributed by atoms with Crippen molar-refractivity contribution >= 4 is 21.6 Å². The van der Waals surface area contributed by atoms with Crippen molar-refractivity contribution in [2.24, 2.45) is 0 Å². The van der Waals surface area contributed by atoms with E-state index in [1.807, 2.05) is 0 Å². The van der Waals surface area contributed by atoms with Gasteiger partial charge in [0.25, 0.3) is 0 Å². The Morgan fingerprint density at radius 2 is 1.90 bits per heavy atom. The van der Waals surface area contributed by atoms with Crippen LogP contribution in [-0.2, 0) is 23.1 Å². The van der Waals surface area contributed by atoms with E-state index in [1.165, 1.54) is 36.6 Å². The van der Waals surface area contributed by atoms with Crippen LogP contribution in [0.5, 0.6) is 5.75 Å². The number of rotatable bonds is 8. The van der Waals surface area contributed by atoms with E-state index in [-0.39, 0.29) is 28.9 Å². The summed E-state index contributed by atoms with van der Waals surface area (Å²) in [6.07, 6.45) is -1.93. The number of sulfonamides is 1. The maximum atomic E-state index is 13.1. The normalized spacial score (nSPS) is 12.3. The molecule has 0 radical (unpaired) electrons. The topological polar surface area (TPSA) is 72.6 Å². The van der Waals surface area contributed by atoms with Gasteiger partial charge in [-0.15, -0.1) is 0 Å². The number of hydrogen-bond donors (Lipinski definition) is 0. The zero-order valence-corrected chi connectivity index (χ0v) is 16.9. The van der Waals surface area contributed by atoms with Crippen LogP contribution in [0.3, 0.4) is 0 Å². The highest BCUT2D eigenvalue weighted by Crippen LogP contribution is 2.24. The van der Waals surface area contributed by atoms with Crippen molar-refractivity contribution in [2.45, 2.75) is 24.2 Å². The van der Waals surface area contributed by atoms with Gasteiger partial charge in [-0.25, -0.2) is 13.4 Å². The first-order valence-corrected chi connectivity index (χ1v) is 10.4. The predicted octanol–water partition coefficient (Wildman–Crippen LogP) is 4.66. The Labute approximate surface area is 175 Å². The monoisotopic (exact) mass is 460 g/mol. The van der Waals surface area contributed by atoms with Crippen LogP contribution in [0.2, 0.25) is 5.15 Å². The molecule has 0 N–H and O–H groups in total. The van der Waals surface area contributed by atoms with E-state index in [0.717, 1.165) is 10.5 Å². The molecule has 1 aromatic carbocycles. The van der Waals surface area contributed by atoms with Crippen molar-refractivity contribution in [3.05, 3.63) is 77.5 Å².